The smallest absolute Gasteiger partial charge is 0.407 e. The Kier molecular flexibility index (Phi) is 4.09. The molecule has 4 rings (SSSR count). The SMILES string of the molecule is Cc1cc(O)c(-c2ccc(C(N)C(F)(F)F)cc2)c2c1ncc1sccc12. The maximum absolute atomic E-state index is 12.8. The van der Waals surface area contributed by atoms with E-state index in [-0.39, 0.29) is 11.3 Å². The zero-order chi connectivity index (χ0) is 19.3. The lowest BCUT2D eigenvalue weighted by Crippen LogP contribution is -2.28. The van der Waals surface area contributed by atoms with Gasteiger partial charge in [-0.1, -0.05) is 24.3 Å². The molecule has 2 heterocycles. The van der Waals surface area contributed by atoms with Gasteiger partial charge in [-0.2, -0.15) is 13.2 Å². The van der Waals surface area contributed by atoms with Gasteiger partial charge >= 0.3 is 6.18 Å². The molecule has 2 aromatic heterocycles. The number of pyridine rings is 1. The Labute approximate surface area is 156 Å². The predicted octanol–water partition coefficient (Wildman–Crippen LogP) is 5.69. The topological polar surface area (TPSA) is 59.1 Å². The molecular formula is C20H15F3N2OS. The molecule has 138 valence electrons. The Hall–Kier alpha value is -2.64. The molecular weight excluding hydrogens is 373 g/mol. The van der Waals surface area contributed by atoms with Crippen molar-refractivity contribution in [1.82, 2.24) is 4.98 Å². The van der Waals surface area contributed by atoms with Crippen molar-refractivity contribution in [1.29, 1.82) is 0 Å². The highest BCUT2D eigenvalue weighted by atomic mass is 32.1. The summed E-state index contributed by atoms with van der Waals surface area (Å²) < 4.78 is 39.5. The van der Waals surface area contributed by atoms with E-state index in [1.54, 1.807) is 35.7 Å². The number of phenolic OH excluding ortho intramolecular Hbond substituents is 1. The molecule has 3 N–H and O–H groups in total. The van der Waals surface area contributed by atoms with Crippen molar-refractivity contribution in [2.24, 2.45) is 5.73 Å². The van der Waals surface area contributed by atoms with Crippen molar-refractivity contribution in [3.8, 4) is 16.9 Å². The van der Waals surface area contributed by atoms with Crippen LogP contribution in [0.4, 0.5) is 13.2 Å². The lowest BCUT2D eigenvalue weighted by molar-refractivity contribution is -0.149. The van der Waals surface area contributed by atoms with Crippen LogP contribution in [0.1, 0.15) is 17.2 Å². The van der Waals surface area contributed by atoms with Gasteiger partial charge in [0.25, 0.3) is 0 Å². The van der Waals surface area contributed by atoms with E-state index in [9.17, 15) is 18.3 Å². The van der Waals surface area contributed by atoms with Gasteiger partial charge < -0.3 is 10.8 Å². The Bertz CT molecular complexity index is 1150. The summed E-state index contributed by atoms with van der Waals surface area (Å²) in [6, 6.07) is 7.34. The first-order valence-electron chi connectivity index (χ1n) is 8.18. The molecule has 1 atom stereocenters. The summed E-state index contributed by atoms with van der Waals surface area (Å²) in [7, 11) is 0. The van der Waals surface area contributed by atoms with Crippen LogP contribution in [0.2, 0.25) is 0 Å². The zero-order valence-corrected chi connectivity index (χ0v) is 15.0. The molecule has 2 aromatic carbocycles. The Morgan fingerprint density at radius 1 is 1.15 bits per heavy atom. The molecule has 0 amide bonds. The van der Waals surface area contributed by atoms with E-state index in [1.165, 1.54) is 12.1 Å². The minimum Gasteiger partial charge on any atom is -0.507 e. The third-order valence-electron chi connectivity index (χ3n) is 4.66. The quantitative estimate of drug-likeness (QED) is 0.464. The molecule has 0 radical (unpaired) electrons. The van der Waals surface area contributed by atoms with Gasteiger partial charge in [-0.25, -0.2) is 0 Å². The van der Waals surface area contributed by atoms with Crippen LogP contribution in [0.15, 0.2) is 48.0 Å². The maximum atomic E-state index is 12.8. The monoisotopic (exact) mass is 388 g/mol. The van der Waals surface area contributed by atoms with E-state index in [1.807, 2.05) is 18.4 Å². The number of fused-ring (bicyclic) bond motifs is 3. The summed E-state index contributed by atoms with van der Waals surface area (Å²) in [5, 5.41) is 14.3. The van der Waals surface area contributed by atoms with Crippen LogP contribution in [-0.4, -0.2) is 16.3 Å². The summed E-state index contributed by atoms with van der Waals surface area (Å²) in [5.74, 6) is 0.0633. The van der Waals surface area contributed by atoms with Gasteiger partial charge in [0.2, 0.25) is 0 Å². The highest BCUT2D eigenvalue weighted by molar-refractivity contribution is 7.17. The summed E-state index contributed by atoms with van der Waals surface area (Å²) >= 11 is 1.54. The standard InChI is InChI=1S/C20H15F3N2OS/c1-10-8-14(26)16(17-13-6-7-27-15(13)9-25-18(10)17)11-2-4-12(5-3-11)19(24)20(21,22)23/h2-9,19,26H,24H2,1H3. The van der Waals surface area contributed by atoms with Crippen LogP contribution in [0.25, 0.3) is 32.1 Å². The van der Waals surface area contributed by atoms with Crippen LogP contribution < -0.4 is 5.73 Å². The number of aromatic nitrogens is 1. The molecule has 0 aliphatic rings. The van der Waals surface area contributed by atoms with Crippen molar-refractivity contribution in [3.05, 3.63) is 59.1 Å². The molecule has 0 saturated heterocycles. The number of nitrogens with zero attached hydrogens (tertiary/aromatic N) is 1. The Morgan fingerprint density at radius 2 is 1.85 bits per heavy atom. The second-order valence-electron chi connectivity index (χ2n) is 6.41. The number of hydrogen-bond donors (Lipinski definition) is 2. The number of rotatable bonds is 2. The van der Waals surface area contributed by atoms with Crippen molar-refractivity contribution < 1.29 is 18.3 Å². The van der Waals surface area contributed by atoms with Crippen LogP contribution in [0.3, 0.4) is 0 Å². The highest BCUT2D eigenvalue weighted by Gasteiger charge is 2.37. The van der Waals surface area contributed by atoms with Crippen molar-refractivity contribution in [2.45, 2.75) is 19.1 Å². The van der Waals surface area contributed by atoms with Crippen LogP contribution >= 0.6 is 11.3 Å². The van der Waals surface area contributed by atoms with Crippen LogP contribution in [-0.2, 0) is 0 Å². The second-order valence-corrected chi connectivity index (χ2v) is 7.36. The number of hydrogen-bond acceptors (Lipinski definition) is 4. The van der Waals surface area contributed by atoms with Gasteiger partial charge in [0.15, 0.2) is 0 Å². The Morgan fingerprint density at radius 3 is 2.52 bits per heavy atom. The molecule has 0 spiro atoms. The lowest BCUT2D eigenvalue weighted by Gasteiger charge is -2.17. The molecule has 0 aliphatic carbocycles. The van der Waals surface area contributed by atoms with E-state index in [0.29, 0.717) is 11.1 Å². The molecule has 27 heavy (non-hydrogen) atoms. The van der Waals surface area contributed by atoms with Gasteiger partial charge in [0, 0.05) is 22.5 Å². The van der Waals surface area contributed by atoms with Gasteiger partial charge in [-0.05, 0) is 41.1 Å². The Balaban J connectivity index is 1.95. The first kappa shape index (κ1) is 17.8. The molecule has 3 nitrogen and oxygen atoms in total. The maximum Gasteiger partial charge on any atom is 0.407 e. The average molecular weight is 388 g/mol. The van der Waals surface area contributed by atoms with Crippen molar-refractivity contribution in [2.75, 3.05) is 0 Å². The number of aryl methyl sites for hydroxylation is 1. The first-order valence-corrected chi connectivity index (χ1v) is 9.06. The van der Waals surface area contributed by atoms with Crippen molar-refractivity contribution in [3.63, 3.8) is 0 Å². The summed E-state index contributed by atoms with van der Waals surface area (Å²) in [4.78, 5) is 4.52. The molecule has 7 heteroatoms. The van der Waals surface area contributed by atoms with Gasteiger partial charge in [0.1, 0.15) is 11.8 Å². The molecule has 4 aromatic rings. The van der Waals surface area contributed by atoms with Crippen LogP contribution in [0.5, 0.6) is 5.75 Å². The molecule has 0 aliphatic heterocycles. The second kappa shape index (κ2) is 6.21. The minimum atomic E-state index is -4.51. The third kappa shape index (κ3) is 2.93. The molecule has 0 fully saturated rings. The fourth-order valence-corrected chi connectivity index (χ4v) is 4.07. The van der Waals surface area contributed by atoms with E-state index in [0.717, 1.165) is 26.6 Å². The van der Waals surface area contributed by atoms with E-state index in [2.05, 4.69) is 4.98 Å². The highest BCUT2D eigenvalue weighted by Crippen LogP contribution is 2.42. The largest absolute Gasteiger partial charge is 0.507 e. The average Bonchev–Trinajstić information content (AvgIpc) is 3.10. The molecule has 1 unspecified atom stereocenters. The lowest BCUT2D eigenvalue weighted by atomic mass is 9.94. The van der Waals surface area contributed by atoms with E-state index in [4.69, 9.17) is 5.73 Å². The van der Waals surface area contributed by atoms with Gasteiger partial charge in [-0.3, -0.25) is 4.98 Å². The first-order chi connectivity index (χ1) is 12.8. The fraction of sp³-hybridized carbons (Fsp3) is 0.150. The van der Waals surface area contributed by atoms with Crippen molar-refractivity contribution >= 4 is 32.3 Å². The van der Waals surface area contributed by atoms with Gasteiger partial charge in [0.05, 0.1) is 10.2 Å². The fourth-order valence-electron chi connectivity index (χ4n) is 3.31. The van der Waals surface area contributed by atoms with Gasteiger partial charge in [-0.15, -0.1) is 11.3 Å². The normalized spacial score (nSPS) is 13.4. The number of aromatic hydroxyl groups is 1. The van der Waals surface area contributed by atoms with E-state index >= 15 is 0 Å². The summed E-state index contributed by atoms with van der Waals surface area (Å²) in [5.41, 5.74) is 8.00. The number of benzene rings is 2. The third-order valence-corrected chi connectivity index (χ3v) is 5.51. The summed E-state index contributed by atoms with van der Waals surface area (Å²) in [6.45, 7) is 1.86. The number of alkyl halides is 3. The summed E-state index contributed by atoms with van der Waals surface area (Å²) in [6.07, 6.45) is -2.71. The zero-order valence-electron chi connectivity index (χ0n) is 14.2. The van der Waals surface area contributed by atoms with Crippen LogP contribution in [0, 0.1) is 6.92 Å². The molecule has 0 bridgehead atoms. The minimum absolute atomic E-state index is 0.0269. The number of thiophene rings is 1. The number of nitrogens with two attached hydrogens (primary N) is 1. The number of halogens is 3. The molecule has 0 saturated carbocycles. The number of phenols is 1. The predicted molar refractivity (Wildman–Crippen MR) is 102 cm³/mol. The van der Waals surface area contributed by atoms with E-state index < -0.39 is 12.2 Å².